The number of pyridine rings is 1. The third-order valence-electron chi connectivity index (χ3n) is 2.28. The van der Waals surface area contributed by atoms with Gasteiger partial charge in [-0.25, -0.2) is 14.8 Å². The molecule has 2 aromatic rings. The molecule has 2 aromatic heterocycles. The van der Waals surface area contributed by atoms with Crippen molar-refractivity contribution in [1.82, 2.24) is 14.7 Å². The van der Waals surface area contributed by atoms with E-state index in [0.717, 1.165) is 4.73 Å². The van der Waals surface area contributed by atoms with Gasteiger partial charge >= 0.3 is 11.5 Å². The molecular weight excluding hydrogens is 234 g/mol. The summed E-state index contributed by atoms with van der Waals surface area (Å²) in [7, 11) is 0. The zero-order valence-electron chi connectivity index (χ0n) is 10.4. The molecule has 0 saturated heterocycles. The van der Waals surface area contributed by atoms with Crippen molar-refractivity contribution in [3.8, 4) is 0 Å². The molecule has 6 heteroatoms. The van der Waals surface area contributed by atoms with Crippen molar-refractivity contribution in [2.75, 3.05) is 0 Å². The molecule has 0 amide bonds. The maximum Gasteiger partial charge on any atom is 0.338 e. The number of rotatable bonds is 1. The Kier molecular flexibility index (Phi) is 2.86. The van der Waals surface area contributed by atoms with Gasteiger partial charge in [-0.3, -0.25) is 4.79 Å². The highest BCUT2D eigenvalue weighted by atomic mass is 16.7. The molecule has 18 heavy (non-hydrogen) atoms. The van der Waals surface area contributed by atoms with E-state index in [1.165, 1.54) is 12.5 Å². The van der Waals surface area contributed by atoms with Crippen LogP contribution in [0.25, 0.3) is 11.0 Å². The van der Waals surface area contributed by atoms with E-state index in [1.807, 2.05) is 0 Å². The van der Waals surface area contributed by atoms with Gasteiger partial charge in [-0.05, 0) is 32.9 Å². The highest BCUT2D eigenvalue weighted by Crippen LogP contribution is 2.13. The van der Waals surface area contributed by atoms with Gasteiger partial charge in [0.05, 0.1) is 10.9 Å². The molecule has 0 fully saturated rings. The molecule has 0 aliphatic rings. The largest absolute Gasteiger partial charge is 0.338 e. The Hall–Kier alpha value is -2.24. The topological polar surface area (TPSA) is 74.1 Å². The molecular formula is C12H13N3O3. The lowest BCUT2D eigenvalue weighted by Gasteiger charge is -2.16. The summed E-state index contributed by atoms with van der Waals surface area (Å²) in [5.41, 5.74) is -0.566. The first-order valence-electron chi connectivity index (χ1n) is 5.45. The lowest BCUT2D eigenvalue weighted by Crippen LogP contribution is -2.37. The van der Waals surface area contributed by atoms with Gasteiger partial charge in [-0.1, -0.05) is 0 Å². The zero-order chi connectivity index (χ0) is 13.3. The molecule has 0 unspecified atom stereocenters. The van der Waals surface area contributed by atoms with E-state index in [9.17, 15) is 9.59 Å². The van der Waals surface area contributed by atoms with Gasteiger partial charge in [-0.15, -0.1) is 4.73 Å². The monoisotopic (exact) mass is 247 g/mol. The Balaban J connectivity index is 2.45. The average molecular weight is 247 g/mol. The summed E-state index contributed by atoms with van der Waals surface area (Å²) in [5.74, 6) is -0.512. The van der Waals surface area contributed by atoms with Gasteiger partial charge < -0.3 is 4.84 Å². The Bertz CT molecular complexity index is 655. The Labute approximate surface area is 103 Å². The maximum atomic E-state index is 12.0. The number of carbonyl (C=O) groups is 1. The Morgan fingerprint density at radius 3 is 2.72 bits per heavy atom. The fraction of sp³-hybridized carbons (Fsp3) is 0.333. The Morgan fingerprint density at radius 2 is 2.06 bits per heavy atom. The van der Waals surface area contributed by atoms with Crippen LogP contribution in [0.1, 0.15) is 20.8 Å². The van der Waals surface area contributed by atoms with Crippen LogP contribution in [-0.4, -0.2) is 20.7 Å². The molecule has 0 spiro atoms. The minimum atomic E-state index is -0.696. The van der Waals surface area contributed by atoms with Crippen LogP contribution in [0.15, 0.2) is 29.5 Å². The molecule has 2 rings (SSSR count). The minimum Gasteiger partial charge on any atom is -0.331 e. The first-order valence-corrected chi connectivity index (χ1v) is 5.45. The van der Waals surface area contributed by atoms with E-state index in [-0.39, 0.29) is 5.52 Å². The number of hydrogen-bond acceptors (Lipinski definition) is 5. The average Bonchev–Trinajstić information content (AvgIpc) is 2.32. The van der Waals surface area contributed by atoms with Crippen molar-refractivity contribution < 1.29 is 9.63 Å². The zero-order valence-corrected chi connectivity index (χ0v) is 10.4. The molecule has 0 radical (unpaired) electrons. The van der Waals surface area contributed by atoms with E-state index >= 15 is 0 Å². The van der Waals surface area contributed by atoms with Crippen LogP contribution in [0.2, 0.25) is 0 Å². The molecule has 0 aromatic carbocycles. The van der Waals surface area contributed by atoms with Gasteiger partial charge in [0.1, 0.15) is 6.33 Å². The summed E-state index contributed by atoms with van der Waals surface area (Å²) in [6.07, 6.45) is 2.66. The normalized spacial score (nSPS) is 11.5. The van der Waals surface area contributed by atoms with Crippen molar-refractivity contribution in [3.05, 3.63) is 35.0 Å². The fourth-order valence-corrected chi connectivity index (χ4v) is 1.23. The van der Waals surface area contributed by atoms with E-state index in [2.05, 4.69) is 9.97 Å². The lowest BCUT2D eigenvalue weighted by molar-refractivity contribution is -0.154. The van der Waals surface area contributed by atoms with Crippen molar-refractivity contribution in [2.45, 2.75) is 20.8 Å². The summed E-state index contributed by atoms with van der Waals surface area (Å²) in [5, 5.41) is 0. The first-order chi connectivity index (χ1) is 8.39. The molecule has 0 saturated carbocycles. The maximum absolute atomic E-state index is 12.0. The second-order valence-electron chi connectivity index (χ2n) is 4.88. The van der Waals surface area contributed by atoms with Crippen molar-refractivity contribution in [2.24, 2.45) is 5.41 Å². The van der Waals surface area contributed by atoms with Crippen LogP contribution in [0.4, 0.5) is 0 Å². The van der Waals surface area contributed by atoms with Crippen LogP contribution in [0.5, 0.6) is 0 Å². The highest BCUT2D eigenvalue weighted by Gasteiger charge is 2.24. The molecule has 0 atom stereocenters. The summed E-state index contributed by atoms with van der Waals surface area (Å²) in [6.45, 7) is 5.10. The molecule has 0 bridgehead atoms. The van der Waals surface area contributed by atoms with Crippen molar-refractivity contribution in [1.29, 1.82) is 0 Å². The molecule has 0 aliphatic carbocycles. The number of hydrogen-bond donors (Lipinski definition) is 0. The van der Waals surface area contributed by atoms with Crippen LogP contribution in [-0.2, 0) is 4.79 Å². The van der Waals surface area contributed by atoms with Gasteiger partial charge in [0, 0.05) is 6.20 Å². The highest BCUT2D eigenvalue weighted by molar-refractivity contribution is 5.76. The minimum absolute atomic E-state index is 0.168. The number of fused-ring (bicyclic) bond motifs is 1. The summed E-state index contributed by atoms with van der Waals surface area (Å²) in [6, 6.07) is 3.35. The summed E-state index contributed by atoms with van der Waals surface area (Å²) >= 11 is 0. The lowest BCUT2D eigenvalue weighted by atomic mass is 9.98. The first kappa shape index (κ1) is 12.2. The predicted octanol–water partition coefficient (Wildman–Crippen LogP) is 0.793. The van der Waals surface area contributed by atoms with E-state index < -0.39 is 16.9 Å². The molecule has 6 nitrogen and oxygen atoms in total. The van der Waals surface area contributed by atoms with Gasteiger partial charge in [0.25, 0.3) is 0 Å². The third kappa shape index (κ3) is 2.22. The van der Waals surface area contributed by atoms with E-state index in [1.54, 1.807) is 32.9 Å². The molecule has 94 valence electrons. The van der Waals surface area contributed by atoms with Gasteiger partial charge in [0.15, 0.2) is 5.52 Å². The van der Waals surface area contributed by atoms with Crippen LogP contribution >= 0.6 is 0 Å². The smallest absolute Gasteiger partial charge is 0.331 e. The van der Waals surface area contributed by atoms with Crippen molar-refractivity contribution in [3.63, 3.8) is 0 Å². The number of carbonyl (C=O) groups excluding carboxylic acids is 1. The fourth-order valence-electron chi connectivity index (χ4n) is 1.23. The van der Waals surface area contributed by atoms with E-state index in [4.69, 9.17) is 4.84 Å². The Morgan fingerprint density at radius 1 is 1.33 bits per heavy atom. The summed E-state index contributed by atoms with van der Waals surface area (Å²) < 4.78 is 0.808. The van der Waals surface area contributed by atoms with E-state index in [0.29, 0.717) is 5.52 Å². The van der Waals surface area contributed by atoms with Gasteiger partial charge in [-0.2, -0.15) is 0 Å². The molecule has 2 heterocycles. The van der Waals surface area contributed by atoms with Crippen LogP contribution in [0, 0.1) is 5.41 Å². The van der Waals surface area contributed by atoms with Crippen molar-refractivity contribution >= 4 is 17.0 Å². The molecule has 0 aliphatic heterocycles. The number of nitrogens with zero attached hydrogens (tertiary/aromatic N) is 3. The second kappa shape index (κ2) is 4.21. The van der Waals surface area contributed by atoms with Crippen LogP contribution < -0.4 is 10.4 Å². The van der Waals surface area contributed by atoms with Gasteiger partial charge in [0.2, 0.25) is 0 Å². The predicted molar refractivity (Wildman–Crippen MR) is 64.8 cm³/mol. The quantitative estimate of drug-likeness (QED) is 0.745. The summed E-state index contributed by atoms with van der Waals surface area (Å²) in [4.78, 5) is 36.6. The van der Waals surface area contributed by atoms with Crippen LogP contribution in [0.3, 0.4) is 0 Å². The standard InChI is InChI=1S/C12H13N3O3/c1-12(2,3)11(17)18-15-7-14-8-5-4-6-13-9(8)10(15)16/h4-7H,1-3H3. The SMILES string of the molecule is CC(C)(C)C(=O)On1cnc2cccnc2c1=O. The number of aromatic nitrogens is 3. The molecule has 0 N–H and O–H groups in total. The second-order valence-corrected chi connectivity index (χ2v) is 4.88. The third-order valence-corrected chi connectivity index (χ3v) is 2.28.